The Balaban J connectivity index is 2.06. The lowest BCUT2D eigenvalue weighted by molar-refractivity contribution is 0.554. The van der Waals surface area contributed by atoms with E-state index < -0.39 is 0 Å². The number of benzene rings is 1. The standard InChI is InChI=1S/C15H18FN3O2/c1-2-9-18-10-7-14(20)19(15(18)21)11-8-17-13-5-3-12(16)4-6-13/h3-7,10,17H,2,8-9,11H2,1H3. The summed E-state index contributed by atoms with van der Waals surface area (Å²) in [5, 5.41) is 3.05. The topological polar surface area (TPSA) is 56.0 Å². The lowest BCUT2D eigenvalue weighted by Crippen LogP contribution is -2.40. The molecule has 0 saturated carbocycles. The number of aryl methyl sites for hydroxylation is 1. The highest BCUT2D eigenvalue weighted by atomic mass is 19.1. The van der Waals surface area contributed by atoms with Crippen LogP contribution in [-0.2, 0) is 13.1 Å². The van der Waals surface area contributed by atoms with Gasteiger partial charge in [-0.05, 0) is 30.7 Å². The molecule has 6 heteroatoms. The van der Waals surface area contributed by atoms with Crippen LogP contribution in [0.15, 0.2) is 46.1 Å². The van der Waals surface area contributed by atoms with E-state index in [0.717, 1.165) is 12.1 Å². The molecule has 1 aromatic carbocycles. The number of halogens is 1. The summed E-state index contributed by atoms with van der Waals surface area (Å²) in [7, 11) is 0. The molecule has 2 rings (SSSR count). The molecule has 5 nitrogen and oxygen atoms in total. The molecule has 0 amide bonds. The maximum absolute atomic E-state index is 12.8. The summed E-state index contributed by atoms with van der Waals surface area (Å²) < 4.78 is 15.5. The van der Waals surface area contributed by atoms with Crippen LogP contribution >= 0.6 is 0 Å². The van der Waals surface area contributed by atoms with Gasteiger partial charge in [0, 0.05) is 37.6 Å². The van der Waals surface area contributed by atoms with E-state index in [1.807, 2.05) is 6.92 Å². The molecule has 1 N–H and O–H groups in total. The number of hydrogen-bond donors (Lipinski definition) is 1. The highest BCUT2D eigenvalue weighted by Gasteiger charge is 2.04. The van der Waals surface area contributed by atoms with Gasteiger partial charge >= 0.3 is 5.69 Å². The maximum atomic E-state index is 12.8. The van der Waals surface area contributed by atoms with E-state index in [-0.39, 0.29) is 23.6 Å². The van der Waals surface area contributed by atoms with Crippen molar-refractivity contribution in [3.8, 4) is 0 Å². The van der Waals surface area contributed by atoms with Crippen LogP contribution in [0.4, 0.5) is 10.1 Å². The van der Waals surface area contributed by atoms with Crippen LogP contribution in [0.1, 0.15) is 13.3 Å². The predicted octanol–water partition coefficient (Wildman–Crippen LogP) is 1.67. The van der Waals surface area contributed by atoms with Gasteiger partial charge in [-0.3, -0.25) is 9.36 Å². The first kappa shape index (κ1) is 15.0. The van der Waals surface area contributed by atoms with Gasteiger partial charge in [-0.25, -0.2) is 9.18 Å². The first-order valence-corrected chi connectivity index (χ1v) is 6.91. The largest absolute Gasteiger partial charge is 0.383 e. The molecule has 112 valence electrons. The minimum absolute atomic E-state index is 0.263. The van der Waals surface area contributed by atoms with Gasteiger partial charge in [0.15, 0.2) is 0 Å². The fourth-order valence-electron chi connectivity index (χ4n) is 2.05. The Bertz CT molecular complexity index is 704. The van der Waals surface area contributed by atoms with Crippen LogP contribution in [0.3, 0.4) is 0 Å². The molecule has 0 bridgehead atoms. The molecule has 0 aliphatic rings. The van der Waals surface area contributed by atoms with Crippen LogP contribution in [0, 0.1) is 5.82 Å². The molecule has 0 saturated heterocycles. The molecule has 0 aliphatic carbocycles. The monoisotopic (exact) mass is 291 g/mol. The van der Waals surface area contributed by atoms with E-state index >= 15 is 0 Å². The van der Waals surface area contributed by atoms with Crippen molar-refractivity contribution in [2.24, 2.45) is 0 Å². The number of nitrogens with one attached hydrogen (secondary N) is 1. The molecule has 0 fully saturated rings. The fraction of sp³-hybridized carbons (Fsp3) is 0.333. The molecule has 2 aromatic rings. The van der Waals surface area contributed by atoms with Gasteiger partial charge in [0.25, 0.3) is 5.56 Å². The SMILES string of the molecule is CCCn1ccc(=O)n(CCNc2ccc(F)cc2)c1=O. The lowest BCUT2D eigenvalue weighted by Gasteiger charge is -2.10. The van der Waals surface area contributed by atoms with Crippen molar-refractivity contribution in [1.82, 2.24) is 9.13 Å². The van der Waals surface area contributed by atoms with Crippen LogP contribution < -0.4 is 16.6 Å². The van der Waals surface area contributed by atoms with Crippen molar-refractivity contribution in [1.29, 1.82) is 0 Å². The zero-order chi connectivity index (χ0) is 15.2. The molecule has 0 radical (unpaired) electrons. The zero-order valence-corrected chi connectivity index (χ0v) is 11.9. The van der Waals surface area contributed by atoms with Crippen LogP contribution in [0.5, 0.6) is 0 Å². The molecule has 1 aromatic heterocycles. The van der Waals surface area contributed by atoms with E-state index in [0.29, 0.717) is 13.1 Å². The molecule has 0 aliphatic heterocycles. The van der Waals surface area contributed by atoms with E-state index in [9.17, 15) is 14.0 Å². The second-order valence-corrected chi connectivity index (χ2v) is 4.72. The summed E-state index contributed by atoms with van der Waals surface area (Å²) in [6, 6.07) is 7.32. The molecule has 21 heavy (non-hydrogen) atoms. The minimum Gasteiger partial charge on any atom is -0.383 e. The fourth-order valence-corrected chi connectivity index (χ4v) is 2.05. The number of hydrogen-bond acceptors (Lipinski definition) is 3. The van der Waals surface area contributed by atoms with Gasteiger partial charge in [-0.1, -0.05) is 6.92 Å². The maximum Gasteiger partial charge on any atom is 0.331 e. The van der Waals surface area contributed by atoms with Gasteiger partial charge in [0.1, 0.15) is 5.82 Å². The van der Waals surface area contributed by atoms with Gasteiger partial charge < -0.3 is 9.88 Å². The molecule has 0 spiro atoms. The van der Waals surface area contributed by atoms with Gasteiger partial charge in [0.05, 0.1) is 0 Å². The first-order valence-electron chi connectivity index (χ1n) is 6.91. The lowest BCUT2D eigenvalue weighted by atomic mass is 10.3. The van der Waals surface area contributed by atoms with Gasteiger partial charge in [-0.2, -0.15) is 0 Å². The van der Waals surface area contributed by atoms with Crippen LogP contribution in [0.2, 0.25) is 0 Å². The molecule has 0 atom stereocenters. The van der Waals surface area contributed by atoms with E-state index in [1.165, 1.54) is 33.5 Å². The number of aromatic nitrogens is 2. The summed E-state index contributed by atoms with van der Waals surface area (Å²) in [6.07, 6.45) is 2.35. The van der Waals surface area contributed by atoms with Gasteiger partial charge in [0.2, 0.25) is 0 Å². The van der Waals surface area contributed by atoms with Crippen molar-refractivity contribution in [2.75, 3.05) is 11.9 Å². The zero-order valence-electron chi connectivity index (χ0n) is 11.9. The van der Waals surface area contributed by atoms with Crippen LogP contribution in [-0.4, -0.2) is 15.7 Å². The number of rotatable bonds is 6. The normalized spacial score (nSPS) is 10.6. The highest BCUT2D eigenvalue weighted by Crippen LogP contribution is 2.07. The van der Waals surface area contributed by atoms with Crippen molar-refractivity contribution >= 4 is 5.69 Å². The highest BCUT2D eigenvalue weighted by molar-refractivity contribution is 5.42. The number of anilines is 1. The van der Waals surface area contributed by atoms with Crippen molar-refractivity contribution in [3.05, 3.63) is 63.2 Å². The predicted molar refractivity (Wildman–Crippen MR) is 80.1 cm³/mol. The Labute approximate surface area is 121 Å². The van der Waals surface area contributed by atoms with Gasteiger partial charge in [-0.15, -0.1) is 0 Å². The van der Waals surface area contributed by atoms with Crippen molar-refractivity contribution < 1.29 is 4.39 Å². The Morgan fingerprint density at radius 2 is 1.81 bits per heavy atom. The molecular weight excluding hydrogens is 273 g/mol. The third kappa shape index (κ3) is 3.81. The third-order valence-corrected chi connectivity index (χ3v) is 3.11. The second-order valence-electron chi connectivity index (χ2n) is 4.72. The summed E-state index contributed by atoms with van der Waals surface area (Å²) in [4.78, 5) is 23.9. The summed E-state index contributed by atoms with van der Waals surface area (Å²) in [6.45, 7) is 3.24. The third-order valence-electron chi connectivity index (χ3n) is 3.11. The Morgan fingerprint density at radius 3 is 2.48 bits per heavy atom. The Kier molecular flexibility index (Phi) is 4.92. The van der Waals surface area contributed by atoms with Crippen molar-refractivity contribution in [2.45, 2.75) is 26.4 Å². The van der Waals surface area contributed by atoms with E-state index in [2.05, 4.69) is 5.32 Å². The Hall–Kier alpha value is -2.37. The van der Waals surface area contributed by atoms with E-state index in [4.69, 9.17) is 0 Å². The second kappa shape index (κ2) is 6.88. The number of nitrogens with zero attached hydrogens (tertiary/aromatic N) is 2. The average Bonchev–Trinajstić information content (AvgIpc) is 2.48. The molecular formula is C15H18FN3O2. The summed E-state index contributed by atoms with van der Waals surface area (Å²) in [5.41, 5.74) is 0.132. The summed E-state index contributed by atoms with van der Waals surface area (Å²) >= 11 is 0. The minimum atomic E-state index is -0.312. The van der Waals surface area contributed by atoms with E-state index in [1.54, 1.807) is 12.1 Å². The average molecular weight is 291 g/mol. The Morgan fingerprint density at radius 1 is 1.10 bits per heavy atom. The molecule has 0 unspecified atom stereocenters. The van der Waals surface area contributed by atoms with Crippen molar-refractivity contribution in [3.63, 3.8) is 0 Å². The summed E-state index contributed by atoms with van der Waals surface area (Å²) in [5.74, 6) is -0.303. The molecule has 1 heterocycles. The first-order chi connectivity index (χ1) is 10.1. The van der Waals surface area contributed by atoms with Crippen LogP contribution in [0.25, 0.3) is 0 Å². The smallest absolute Gasteiger partial charge is 0.331 e. The quantitative estimate of drug-likeness (QED) is 0.881.